The van der Waals surface area contributed by atoms with Crippen LogP contribution in [0.4, 0.5) is 0 Å². The third kappa shape index (κ3) is 4.15. The molecule has 2 aliphatic carbocycles. The minimum absolute atomic E-state index is 0.154. The quantitative estimate of drug-likeness (QED) is 0.257. The van der Waals surface area contributed by atoms with Gasteiger partial charge in [-0.15, -0.1) is 0 Å². The monoisotopic (exact) mass is 420 g/mol. The van der Waals surface area contributed by atoms with Crippen molar-refractivity contribution in [3.05, 3.63) is 12.2 Å². The maximum absolute atomic E-state index is 11.5. The number of unbranched alkanes of at least 4 members (excludes halogenated alkanes) is 3. The number of carbonyl (C=O) groups is 1. The van der Waals surface area contributed by atoms with Crippen molar-refractivity contribution in [1.82, 2.24) is 0 Å². The van der Waals surface area contributed by atoms with E-state index in [1.165, 1.54) is 32.1 Å². The molecule has 30 heavy (non-hydrogen) atoms. The van der Waals surface area contributed by atoms with Crippen molar-refractivity contribution in [1.29, 1.82) is 0 Å². The first-order valence-electron chi connectivity index (χ1n) is 12.1. The third-order valence-corrected chi connectivity index (χ3v) is 8.20. The Kier molecular flexibility index (Phi) is 6.22. The van der Waals surface area contributed by atoms with Gasteiger partial charge in [0.2, 0.25) is 0 Å². The van der Waals surface area contributed by atoms with Gasteiger partial charge in [-0.05, 0) is 52.4 Å². The molecule has 5 heteroatoms. The van der Waals surface area contributed by atoms with Crippen molar-refractivity contribution >= 4 is 5.78 Å². The zero-order valence-electron chi connectivity index (χ0n) is 19.4. The average Bonchev–Trinajstić information content (AvgIpc) is 2.95. The highest BCUT2D eigenvalue weighted by atomic mass is 17.2. The van der Waals surface area contributed by atoms with Gasteiger partial charge in [0.25, 0.3) is 0 Å². The fourth-order valence-corrected chi connectivity index (χ4v) is 7.07. The summed E-state index contributed by atoms with van der Waals surface area (Å²) in [5, 5.41) is 0. The number of Topliss-reactive ketones (excluding diaryl/α,β-unsaturated/α-hetero) is 1. The van der Waals surface area contributed by atoms with Crippen LogP contribution in [0.15, 0.2) is 12.2 Å². The van der Waals surface area contributed by atoms with E-state index in [1.54, 1.807) is 6.92 Å². The molecule has 2 saturated heterocycles. The Labute approximate surface area is 181 Å². The summed E-state index contributed by atoms with van der Waals surface area (Å²) in [6, 6.07) is 0. The second-order valence-corrected chi connectivity index (χ2v) is 11.1. The molecule has 3 fully saturated rings. The molecule has 8 atom stereocenters. The minimum atomic E-state index is -0.466. The molecule has 5 aliphatic rings. The second kappa shape index (κ2) is 8.31. The zero-order chi connectivity index (χ0) is 21.6. The average molecular weight is 421 g/mol. The van der Waals surface area contributed by atoms with E-state index < -0.39 is 5.60 Å². The molecule has 0 amide bonds. The van der Waals surface area contributed by atoms with E-state index in [4.69, 9.17) is 19.6 Å². The van der Waals surface area contributed by atoms with Crippen LogP contribution >= 0.6 is 0 Å². The van der Waals surface area contributed by atoms with Gasteiger partial charge >= 0.3 is 0 Å². The highest BCUT2D eigenvalue weighted by molar-refractivity contribution is 5.76. The van der Waals surface area contributed by atoms with Gasteiger partial charge in [-0.25, -0.2) is 19.6 Å². The standard InChI is InChI=1S/C25H40O5/c1-6-18-19(21-20-12-14-25(5,22(18)21)30-27-20)11-9-7-8-10-13-23(3)16-24(4,29-28-23)15-17(2)26/h12,14,18-22H,6-11,13,15-16H2,1-5H3/t18-,19-,20-,21+,22+,23+,24+,25+/m0/s1. The summed E-state index contributed by atoms with van der Waals surface area (Å²) in [5.41, 5.74) is -0.946. The van der Waals surface area contributed by atoms with Gasteiger partial charge in [0, 0.05) is 24.7 Å². The van der Waals surface area contributed by atoms with E-state index in [1.807, 2.05) is 6.92 Å². The molecule has 2 bridgehead atoms. The molecule has 0 N–H and O–H groups in total. The van der Waals surface area contributed by atoms with Gasteiger partial charge in [-0.3, -0.25) is 4.79 Å². The van der Waals surface area contributed by atoms with E-state index in [0.29, 0.717) is 18.3 Å². The number of carbonyl (C=O) groups excluding carboxylic acids is 1. The molecule has 0 unspecified atom stereocenters. The topological polar surface area (TPSA) is 54.0 Å². The molecule has 0 spiro atoms. The molecule has 3 heterocycles. The highest BCUT2D eigenvalue weighted by Gasteiger charge is 2.64. The van der Waals surface area contributed by atoms with Crippen LogP contribution in [-0.2, 0) is 24.3 Å². The summed E-state index contributed by atoms with van der Waals surface area (Å²) in [7, 11) is 0. The lowest BCUT2D eigenvalue weighted by molar-refractivity contribution is -0.449. The van der Waals surface area contributed by atoms with Gasteiger partial charge in [0.1, 0.15) is 28.7 Å². The van der Waals surface area contributed by atoms with Crippen LogP contribution in [0.5, 0.6) is 0 Å². The lowest BCUT2D eigenvalue weighted by Gasteiger charge is -2.64. The number of rotatable bonds is 10. The molecule has 170 valence electrons. The molecule has 3 aliphatic heterocycles. The van der Waals surface area contributed by atoms with Gasteiger partial charge in [0.05, 0.1) is 0 Å². The van der Waals surface area contributed by atoms with Gasteiger partial charge in [0.15, 0.2) is 0 Å². The Morgan fingerprint density at radius 1 is 1.00 bits per heavy atom. The molecule has 0 aromatic rings. The van der Waals surface area contributed by atoms with Crippen molar-refractivity contribution in [3.63, 3.8) is 0 Å². The van der Waals surface area contributed by atoms with E-state index >= 15 is 0 Å². The van der Waals surface area contributed by atoms with Crippen LogP contribution in [0, 0.1) is 23.7 Å². The molecular weight excluding hydrogens is 380 g/mol. The molecule has 0 aromatic heterocycles. The van der Waals surface area contributed by atoms with Crippen molar-refractivity contribution in [2.24, 2.45) is 23.7 Å². The summed E-state index contributed by atoms with van der Waals surface area (Å²) in [6.07, 6.45) is 14.3. The normalized spacial score (nSPS) is 46.6. The van der Waals surface area contributed by atoms with Gasteiger partial charge in [-0.1, -0.05) is 51.2 Å². The third-order valence-electron chi connectivity index (χ3n) is 8.20. The summed E-state index contributed by atoms with van der Waals surface area (Å²) >= 11 is 0. The van der Waals surface area contributed by atoms with E-state index in [9.17, 15) is 4.79 Å². The second-order valence-electron chi connectivity index (χ2n) is 11.1. The minimum Gasteiger partial charge on any atom is -0.300 e. The van der Waals surface area contributed by atoms with Crippen LogP contribution in [-0.4, -0.2) is 28.7 Å². The number of ketones is 1. The molecule has 0 aromatic carbocycles. The predicted octanol–water partition coefficient (Wildman–Crippen LogP) is 5.72. The molecular formula is C25H40O5. The lowest BCUT2D eigenvalue weighted by Crippen LogP contribution is -2.66. The molecule has 1 saturated carbocycles. The SMILES string of the molecule is CC[C@H]1[C@H](CCCCCC[C@]2(C)C[C@@](C)(CC(C)=O)OO2)[C@H]2[C@@H]1[C@@]1(C)C=C[C@@H]2OO1. The fourth-order valence-electron chi connectivity index (χ4n) is 7.07. The fraction of sp³-hybridized carbons (Fsp3) is 0.880. The van der Waals surface area contributed by atoms with Crippen LogP contribution in [0.1, 0.15) is 92.4 Å². The Balaban J connectivity index is 1.17. The largest absolute Gasteiger partial charge is 0.300 e. The first-order valence-corrected chi connectivity index (χ1v) is 12.1. The predicted molar refractivity (Wildman–Crippen MR) is 114 cm³/mol. The lowest BCUT2D eigenvalue weighted by atomic mass is 9.46. The van der Waals surface area contributed by atoms with E-state index in [2.05, 4.69) is 32.9 Å². The number of hydrogen-bond acceptors (Lipinski definition) is 5. The van der Waals surface area contributed by atoms with Crippen molar-refractivity contribution in [2.45, 2.75) is 115 Å². The molecule has 0 radical (unpaired) electrons. The molecule has 5 nitrogen and oxygen atoms in total. The zero-order valence-corrected chi connectivity index (χ0v) is 19.4. The Hall–Kier alpha value is -0.750. The Morgan fingerprint density at radius 3 is 2.40 bits per heavy atom. The Bertz CT molecular complexity index is 676. The number of hydrogen-bond donors (Lipinski definition) is 0. The van der Waals surface area contributed by atoms with Gasteiger partial charge in [-0.2, -0.15) is 0 Å². The van der Waals surface area contributed by atoms with E-state index in [0.717, 1.165) is 31.1 Å². The Morgan fingerprint density at radius 2 is 1.73 bits per heavy atom. The summed E-state index contributed by atoms with van der Waals surface area (Å²) in [5.74, 6) is 2.95. The van der Waals surface area contributed by atoms with E-state index in [-0.39, 0.29) is 23.1 Å². The van der Waals surface area contributed by atoms with Crippen LogP contribution in [0.2, 0.25) is 0 Å². The summed E-state index contributed by atoms with van der Waals surface area (Å²) < 4.78 is 0. The van der Waals surface area contributed by atoms with Gasteiger partial charge < -0.3 is 0 Å². The van der Waals surface area contributed by atoms with Crippen LogP contribution < -0.4 is 0 Å². The number of fused-ring (bicyclic) bond motifs is 1. The first kappa shape index (κ1) is 22.4. The van der Waals surface area contributed by atoms with Crippen LogP contribution in [0.3, 0.4) is 0 Å². The van der Waals surface area contributed by atoms with Crippen molar-refractivity contribution in [2.75, 3.05) is 0 Å². The van der Waals surface area contributed by atoms with Crippen molar-refractivity contribution in [3.8, 4) is 0 Å². The maximum atomic E-state index is 11.5. The van der Waals surface area contributed by atoms with Crippen molar-refractivity contribution < 1.29 is 24.3 Å². The highest BCUT2D eigenvalue weighted by Crippen LogP contribution is 2.62. The molecule has 5 rings (SSSR count). The summed E-state index contributed by atoms with van der Waals surface area (Å²) in [4.78, 5) is 34.1. The van der Waals surface area contributed by atoms with Crippen LogP contribution in [0.25, 0.3) is 0 Å². The summed E-state index contributed by atoms with van der Waals surface area (Å²) in [6.45, 7) is 10.2. The maximum Gasteiger partial charge on any atom is 0.132 e. The first-order chi connectivity index (χ1) is 14.2. The smallest absolute Gasteiger partial charge is 0.132 e.